The van der Waals surface area contributed by atoms with E-state index in [1.165, 1.54) is 0 Å². The first kappa shape index (κ1) is 18.3. The highest BCUT2D eigenvalue weighted by Crippen LogP contribution is 2.24. The fraction of sp³-hybridized carbons (Fsp3) is 0.0833. The van der Waals surface area contributed by atoms with Gasteiger partial charge in [-0.15, -0.1) is 0 Å². The smallest absolute Gasteiger partial charge is 0.270 e. The lowest BCUT2D eigenvalue weighted by atomic mass is 10.1. The molecule has 5 nitrogen and oxygen atoms in total. The van der Waals surface area contributed by atoms with Crippen LogP contribution in [0.25, 0.3) is 22.0 Å². The number of H-pyrrole nitrogens is 1. The van der Waals surface area contributed by atoms with E-state index in [1.807, 2.05) is 72.8 Å². The van der Waals surface area contributed by atoms with Gasteiger partial charge < -0.3 is 10.1 Å². The molecule has 0 aliphatic rings. The molecule has 1 heterocycles. The first-order valence-corrected chi connectivity index (χ1v) is 9.26. The number of ether oxygens (including phenoxy) is 1. The Morgan fingerprint density at radius 2 is 1.76 bits per heavy atom. The number of fused-ring (bicyclic) bond motifs is 1. The number of amides is 1. The average molecular weight is 381 g/mol. The van der Waals surface area contributed by atoms with Gasteiger partial charge in [0.25, 0.3) is 5.91 Å². The molecule has 0 bridgehead atoms. The highest BCUT2D eigenvalue weighted by molar-refractivity contribution is 5.93. The zero-order chi connectivity index (χ0) is 19.9. The Morgan fingerprint density at radius 1 is 0.966 bits per heavy atom. The molecule has 0 saturated heterocycles. The molecule has 4 aromatic rings. The lowest BCUT2D eigenvalue weighted by molar-refractivity contribution is 0.0953. The van der Waals surface area contributed by atoms with Gasteiger partial charge in [0.05, 0.1) is 12.2 Å². The third-order valence-corrected chi connectivity index (χ3v) is 4.40. The standard InChI is InChI=1S/C24H19N3O2/c28-24(22-17-21(26-27-22)19-10-2-1-3-11-19)25-15-6-7-16-29-23-14-8-12-18-9-4-5-13-20(18)23/h1-5,8-14,17H,15-16H2,(H,25,28)(H,26,27). The van der Waals surface area contributed by atoms with Crippen LogP contribution in [0.1, 0.15) is 10.5 Å². The zero-order valence-corrected chi connectivity index (χ0v) is 15.7. The van der Waals surface area contributed by atoms with Gasteiger partial charge >= 0.3 is 0 Å². The number of benzene rings is 3. The van der Waals surface area contributed by atoms with Crippen LogP contribution >= 0.6 is 0 Å². The van der Waals surface area contributed by atoms with Crippen LogP contribution in [-0.4, -0.2) is 29.3 Å². The lowest BCUT2D eigenvalue weighted by Gasteiger charge is -2.06. The maximum atomic E-state index is 12.2. The van der Waals surface area contributed by atoms with Gasteiger partial charge in [0.1, 0.15) is 18.1 Å². The number of rotatable bonds is 5. The summed E-state index contributed by atoms with van der Waals surface area (Å²) in [6, 6.07) is 25.4. The minimum atomic E-state index is -0.246. The first-order valence-electron chi connectivity index (χ1n) is 9.26. The molecule has 0 saturated carbocycles. The molecule has 4 rings (SSSR count). The van der Waals surface area contributed by atoms with Gasteiger partial charge in [0, 0.05) is 10.9 Å². The fourth-order valence-electron chi connectivity index (χ4n) is 2.96. The molecule has 0 unspecified atom stereocenters. The van der Waals surface area contributed by atoms with Crippen LogP contribution in [0, 0.1) is 11.8 Å². The number of nitrogens with zero attached hydrogens (tertiary/aromatic N) is 1. The van der Waals surface area contributed by atoms with Crippen molar-refractivity contribution in [2.75, 3.05) is 13.2 Å². The van der Waals surface area contributed by atoms with Gasteiger partial charge in [-0.25, -0.2) is 0 Å². The van der Waals surface area contributed by atoms with E-state index in [-0.39, 0.29) is 19.1 Å². The Morgan fingerprint density at radius 3 is 2.66 bits per heavy atom. The molecule has 0 aliphatic carbocycles. The van der Waals surface area contributed by atoms with Crippen LogP contribution in [0.2, 0.25) is 0 Å². The number of aromatic amines is 1. The summed E-state index contributed by atoms with van der Waals surface area (Å²) in [5.74, 6) is 6.38. The van der Waals surface area contributed by atoms with Gasteiger partial charge in [0.15, 0.2) is 0 Å². The van der Waals surface area contributed by atoms with E-state index in [9.17, 15) is 4.79 Å². The van der Waals surface area contributed by atoms with Crippen molar-refractivity contribution in [3.05, 3.63) is 84.6 Å². The number of carbonyl (C=O) groups is 1. The van der Waals surface area contributed by atoms with E-state index < -0.39 is 0 Å². The summed E-state index contributed by atoms with van der Waals surface area (Å²) >= 11 is 0. The second kappa shape index (κ2) is 8.77. The molecular formula is C24H19N3O2. The van der Waals surface area contributed by atoms with E-state index in [0.29, 0.717) is 5.69 Å². The quantitative estimate of drug-likeness (QED) is 0.513. The number of carbonyl (C=O) groups excluding carboxylic acids is 1. The molecule has 0 fully saturated rings. The molecule has 1 aromatic heterocycles. The second-order valence-corrected chi connectivity index (χ2v) is 6.34. The SMILES string of the molecule is O=C(NCC#CCOc1cccc2ccccc12)c1cc(-c2ccccc2)n[nH]1. The Balaban J connectivity index is 1.28. The van der Waals surface area contributed by atoms with E-state index in [0.717, 1.165) is 27.8 Å². The van der Waals surface area contributed by atoms with E-state index in [2.05, 4.69) is 27.4 Å². The Hall–Kier alpha value is -4.04. The Bertz CT molecular complexity index is 1180. The molecule has 5 heteroatoms. The molecule has 142 valence electrons. The summed E-state index contributed by atoms with van der Waals surface area (Å²) < 4.78 is 5.76. The third kappa shape index (κ3) is 4.45. The summed E-state index contributed by atoms with van der Waals surface area (Å²) in [6.45, 7) is 0.490. The molecule has 2 N–H and O–H groups in total. The van der Waals surface area contributed by atoms with Crippen molar-refractivity contribution in [2.45, 2.75) is 0 Å². The second-order valence-electron chi connectivity index (χ2n) is 6.34. The van der Waals surface area contributed by atoms with Crippen molar-refractivity contribution in [1.29, 1.82) is 0 Å². The fourth-order valence-corrected chi connectivity index (χ4v) is 2.96. The molecule has 0 atom stereocenters. The van der Waals surface area contributed by atoms with Crippen LogP contribution in [0.15, 0.2) is 78.9 Å². The third-order valence-electron chi connectivity index (χ3n) is 4.40. The van der Waals surface area contributed by atoms with Crippen LogP contribution in [-0.2, 0) is 0 Å². The summed E-state index contributed by atoms with van der Waals surface area (Å²) in [5, 5.41) is 11.9. The molecule has 0 aliphatic heterocycles. The Kier molecular flexibility index (Phi) is 5.54. The number of hydrogen-bond acceptors (Lipinski definition) is 3. The minimum Gasteiger partial charge on any atom is -0.480 e. The van der Waals surface area contributed by atoms with Crippen molar-refractivity contribution >= 4 is 16.7 Å². The largest absolute Gasteiger partial charge is 0.480 e. The summed E-state index contributed by atoms with van der Waals surface area (Å²) in [5.41, 5.74) is 2.08. The lowest BCUT2D eigenvalue weighted by Crippen LogP contribution is -2.24. The summed E-state index contributed by atoms with van der Waals surface area (Å²) in [4.78, 5) is 12.2. The number of nitrogens with one attached hydrogen (secondary N) is 2. The molecule has 3 aromatic carbocycles. The molecule has 0 spiro atoms. The molecule has 0 radical (unpaired) electrons. The van der Waals surface area contributed by atoms with Gasteiger partial charge in [0.2, 0.25) is 0 Å². The normalized spacial score (nSPS) is 10.2. The van der Waals surface area contributed by atoms with Crippen molar-refractivity contribution in [2.24, 2.45) is 0 Å². The zero-order valence-electron chi connectivity index (χ0n) is 15.7. The highest BCUT2D eigenvalue weighted by Gasteiger charge is 2.09. The van der Waals surface area contributed by atoms with Crippen molar-refractivity contribution in [3.8, 4) is 28.8 Å². The minimum absolute atomic E-state index is 0.234. The summed E-state index contributed by atoms with van der Waals surface area (Å²) in [6.07, 6.45) is 0. The molecule has 29 heavy (non-hydrogen) atoms. The van der Waals surface area contributed by atoms with Gasteiger partial charge in [-0.05, 0) is 17.5 Å². The predicted molar refractivity (Wildman–Crippen MR) is 114 cm³/mol. The predicted octanol–water partition coefficient (Wildman–Crippen LogP) is 4.04. The van der Waals surface area contributed by atoms with Crippen LogP contribution in [0.3, 0.4) is 0 Å². The van der Waals surface area contributed by atoms with E-state index in [1.54, 1.807) is 6.07 Å². The maximum absolute atomic E-state index is 12.2. The summed E-state index contributed by atoms with van der Waals surface area (Å²) in [7, 11) is 0. The highest BCUT2D eigenvalue weighted by atomic mass is 16.5. The van der Waals surface area contributed by atoms with Crippen LogP contribution in [0.5, 0.6) is 5.75 Å². The van der Waals surface area contributed by atoms with E-state index in [4.69, 9.17) is 4.74 Å². The average Bonchev–Trinajstić information content (AvgIpc) is 3.27. The number of aromatic nitrogens is 2. The monoisotopic (exact) mass is 381 g/mol. The van der Waals surface area contributed by atoms with Gasteiger partial charge in [-0.1, -0.05) is 78.6 Å². The van der Waals surface area contributed by atoms with Crippen LogP contribution in [0.4, 0.5) is 0 Å². The van der Waals surface area contributed by atoms with Gasteiger partial charge in [-0.2, -0.15) is 5.10 Å². The first-order chi connectivity index (χ1) is 14.3. The van der Waals surface area contributed by atoms with Crippen LogP contribution < -0.4 is 10.1 Å². The van der Waals surface area contributed by atoms with E-state index >= 15 is 0 Å². The van der Waals surface area contributed by atoms with Crippen molar-refractivity contribution in [1.82, 2.24) is 15.5 Å². The van der Waals surface area contributed by atoms with Gasteiger partial charge in [-0.3, -0.25) is 9.89 Å². The number of hydrogen-bond donors (Lipinski definition) is 2. The maximum Gasteiger partial charge on any atom is 0.270 e. The molecule has 1 amide bonds. The van der Waals surface area contributed by atoms with Crippen molar-refractivity contribution in [3.63, 3.8) is 0 Å². The van der Waals surface area contributed by atoms with Crippen molar-refractivity contribution < 1.29 is 9.53 Å². The topological polar surface area (TPSA) is 67.0 Å². The molecular weight excluding hydrogens is 362 g/mol. The Labute approximate surface area is 168 Å².